The number of hydrogen-bond acceptors (Lipinski definition) is 1. The van der Waals surface area contributed by atoms with Gasteiger partial charge in [-0.05, 0) is 6.92 Å². The van der Waals surface area contributed by atoms with Crippen LogP contribution in [0.4, 0.5) is 13.2 Å². The minimum atomic E-state index is -4.44. The molecule has 0 saturated heterocycles. The van der Waals surface area contributed by atoms with E-state index in [9.17, 15) is 13.2 Å². The van der Waals surface area contributed by atoms with Gasteiger partial charge in [-0.1, -0.05) is 0 Å². The molecule has 0 aromatic rings. The predicted molar refractivity (Wildman–Crippen MR) is 19.9 cm³/mol. The summed E-state index contributed by atoms with van der Waals surface area (Å²) in [5, 5.41) is 0. The van der Waals surface area contributed by atoms with Crippen LogP contribution in [-0.2, 0) is 0 Å². The van der Waals surface area contributed by atoms with Crippen LogP contribution < -0.4 is 0 Å². The van der Waals surface area contributed by atoms with Crippen LogP contribution in [0.1, 0.15) is 0 Å². The van der Waals surface area contributed by atoms with Gasteiger partial charge in [-0.2, -0.15) is 4.99 Å². The summed E-state index contributed by atoms with van der Waals surface area (Å²) in [4.78, 5) is 2.02. The Hall–Kier alpha value is -0.540. The molecule has 4 heteroatoms. The maximum absolute atomic E-state index is 10.8. The number of aliphatic imine (C=N–C) groups is 1. The van der Waals surface area contributed by atoms with Crippen molar-refractivity contribution in [3.05, 3.63) is 6.92 Å². The van der Waals surface area contributed by atoms with E-state index in [2.05, 4.69) is 6.92 Å². The van der Waals surface area contributed by atoms with Gasteiger partial charge in [-0.3, -0.25) is 0 Å². The normalized spacial score (nSPS) is 13.1. The molecule has 0 bridgehead atoms. The van der Waals surface area contributed by atoms with Gasteiger partial charge in [0.05, 0.1) is 0 Å². The highest BCUT2D eigenvalue weighted by Gasteiger charge is 2.23. The van der Waals surface area contributed by atoms with Crippen molar-refractivity contribution in [2.45, 2.75) is 6.30 Å². The predicted octanol–water partition coefficient (Wildman–Crippen LogP) is 1.41. The quantitative estimate of drug-likeness (QED) is 0.330. The second-order valence-corrected chi connectivity index (χ2v) is 0.780. The van der Waals surface area contributed by atoms with Crippen molar-refractivity contribution < 1.29 is 13.2 Å². The van der Waals surface area contributed by atoms with Gasteiger partial charge in [0.2, 0.25) is 0 Å². The van der Waals surface area contributed by atoms with E-state index in [1.807, 2.05) is 4.99 Å². The molecule has 0 fully saturated rings. The number of nitrogens with zero attached hydrogens (tertiary/aromatic N) is 1. The molecular weight excluding hydrogens is 107 g/mol. The van der Waals surface area contributed by atoms with Gasteiger partial charge >= 0.3 is 6.30 Å². The molecular formula is C3H3F3N. The first-order valence-corrected chi connectivity index (χ1v) is 1.46. The molecule has 0 atom stereocenters. The lowest BCUT2D eigenvalue weighted by Gasteiger charge is -1.92. The molecule has 1 nitrogen and oxygen atoms in total. The summed E-state index contributed by atoms with van der Waals surface area (Å²) in [6.45, 7) is 2.76. The molecule has 7 heavy (non-hydrogen) atoms. The molecule has 0 spiro atoms. The summed E-state index contributed by atoms with van der Waals surface area (Å²) in [5.74, 6) is 0. The van der Waals surface area contributed by atoms with Crippen molar-refractivity contribution in [3.63, 3.8) is 0 Å². The van der Waals surface area contributed by atoms with Crippen LogP contribution >= 0.6 is 0 Å². The molecule has 0 saturated carbocycles. The van der Waals surface area contributed by atoms with Gasteiger partial charge in [0.1, 0.15) is 0 Å². The van der Waals surface area contributed by atoms with Crippen LogP contribution in [0.5, 0.6) is 0 Å². The van der Waals surface area contributed by atoms with Gasteiger partial charge in [0.25, 0.3) is 0 Å². The minimum absolute atomic E-state index is 0.458. The standard InChI is InChI=1S/C3H3F3N/c1-2-7-3(4,5)6/h2H,1H2/b7-2+. The summed E-state index contributed by atoms with van der Waals surface area (Å²) in [6, 6.07) is 0. The highest BCUT2D eigenvalue weighted by atomic mass is 19.4. The first kappa shape index (κ1) is 6.46. The molecule has 0 heterocycles. The van der Waals surface area contributed by atoms with Gasteiger partial charge in [0, 0.05) is 6.21 Å². The van der Waals surface area contributed by atoms with Crippen molar-refractivity contribution in [2.75, 3.05) is 0 Å². The molecule has 0 N–H and O–H groups in total. The average molecular weight is 110 g/mol. The summed E-state index contributed by atoms with van der Waals surface area (Å²) in [6.07, 6.45) is -3.98. The van der Waals surface area contributed by atoms with E-state index in [-0.39, 0.29) is 0 Å². The lowest BCUT2D eigenvalue weighted by atomic mass is 10.9. The molecule has 0 amide bonds. The zero-order valence-electron chi connectivity index (χ0n) is 3.37. The van der Waals surface area contributed by atoms with Crippen molar-refractivity contribution in [3.8, 4) is 0 Å². The van der Waals surface area contributed by atoms with Crippen molar-refractivity contribution in [2.24, 2.45) is 4.99 Å². The molecule has 1 radical (unpaired) electrons. The molecule has 0 rings (SSSR count). The minimum Gasteiger partial charge on any atom is -0.197 e. The number of rotatable bonds is 0. The lowest BCUT2D eigenvalue weighted by molar-refractivity contribution is -0.118. The molecule has 0 aliphatic heterocycles. The summed E-state index contributed by atoms with van der Waals surface area (Å²) < 4.78 is 32.5. The Kier molecular flexibility index (Phi) is 1.80. The summed E-state index contributed by atoms with van der Waals surface area (Å²) >= 11 is 0. The van der Waals surface area contributed by atoms with Crippen molar-refractivity contribution in [1.82, 2.24) is 0 Å². The Morgan fingerprint density at radius 2 is 1.86 bits per heavy atom. The van der Waals surface area contributed by atoms with Crippen molar-refractivity contribution in [1.29, 1.82) is 0 Å². The molecule has 0 aromatic heterocycles. The van der Waals surface area contributed by atoms with Crippen LogP contribution in [0.25, 0.3) is 0 Å². The maximum atomic E-state index is 10.8. The fraction of sp³-hybridized carbons (Fsp3) is 0.333. The zero-order chi connectivity index (χ0) is 5.91. The Morgan fingerprint density at radius 1 is 1.43 bits per heavy atom. The zero-order valence-corrected chi connectivity index (χ0v) is 3.37. The maximum Gasteiger partial charge on any atom is 0.502 e. The first-order valence-electron chi connectivity index (χ1n) is 1.46. The molecule has 0 aromatic carbocycles. The highest BCUT2D eigenvalue weighted by Crippen LogP contribution is 2.14. The molecule has 0 aliphatic carbocycles. The van der Waals surface area contributed by atoms with E-state index in [1.54, 1.807) is 0 Å². The second kappa shape index (κ2) is 1.95. The lowest BCUT2D eigenvalue weighted by Crippen LogP contribution is -2.00. The number of alkyl halides is 3. The van der Waals surface area contributed by atoms with E-state index in [1.165, 1.54) is 0 Å². The molecule has 0 aliphatic rings. The second-order valence-electron chi connectivity index (χ2n) is 0.780. The van der Waals surface area contributed by atoms with E-state index >= 15 is 0 Å². The SMILES string of the molecule is [CH2]/C=N/C(F)(F)F. The third kappa shape index (κ3) is 5.46. The Morgan fingerprint density at radius 3 is 1.86 bits per heavy atom. The van der Waals surface area contributed by atoms with Gasteiger partial charge in [-0.25, -0.2) is 0 Å². The van der Waals surface area contributed by atoms with E-state index in [0.29, 0.717) is 6.21 Å². The van der Waals surface area contributed by atoms with Crippen molar-refractivity contribution >= 4 is 6.21 Å². The fourth-order valence-electron chi connectivity index (χ4n) is 0.104. The van der Waals surface area contributed by atoms with E-state index in [0.717, 1.165) is 0 Å². The van der Waals surface area contributed by atoms with Crippen LogP contribution in [0.15, 0.2) is 4.99 Å². The smallest absolute Gasteiger partial charge is 0.197 e. The Labute approximate surface area is 38.9 Å². The van der Waals surface area contributed by atoms with E-state index in [4.69, 9.17) is 0 Å². The summed E-state index contributed by atoms with van der Waals surface area (Å²) in [7, 11) is 0. The van der Waals surface area contributed by atoms with Crippen LogP contribution in [0.3, 0.4) is 0 Å². The Bertz CT molecular complexity index is 72.7. The van der Waals surface area contributed by atoms with Gasteiger partial charge < -0.3 is 0 Å². The molecule has 41 valence electrons. The van der Waals surface area contributed by atoms with Gasteiger partial charge in [-0.15, -0.1) is 13.2 Å². The van der Waals surface area contributed by atoms with Gasteiger partial charge in [0.15, 0.2) is 0 Å². The highest BCUT2D eigenvalue weighted by molar-refractivity contribution is 5.61. The van der Waals surface area contributed by atoms with Crippen LogP contribution in [0.2, 0.25) is 0 Å². The first-order chi connectivity index (χ1) is 3.06. The Balaban J connectivity index is 3.56. The third-order valence-corrected chi connectivity index (χ3v) is 0.238. The average Bonchev–Trinajstić information content (AvgIpc) is 1.30. The number of hydrogen-bond donors (Lipinski definition) is 0. The van der Waals surface area contributed by atoms with Crippen LogP contribution in [0, 0.1) is 6.92 Å². The summed E-state index contributed by atoms with van der Waals surface area (Å²) in [5.41, 5.74) is 0. The largest absolute Gasteiger partial charge is 0.502 e. The van der Waals surface area contributed by atoms with Crippen LogP contribution in [-0.4, -0.2) is 12.5 Å². The topological polar surface area (TPSA) is 12.4 Å². The number of halogens is 3. The van der Waals surface area contributed by atoms with E-state index < -0.39 is 6.30 Å². The third-order valence-electron chi connectivity index (χ3n) is 0.238. The molecule has 0 unspecified atom stereocenters. The monoisotopic (exact) mass is 110 g/mol. The fourth-order valence-corrected chi connectivity index (χ4v) is 0.104.